The average Bonchev–Trinajstić information content (AvgIpc) is 3.10. The SMILES string of the molecule is O=CNC[C@H]1O[C@@H](C2CCNCC2)Cc2c1ccc1c2OC2(CCCCC2)O1. The minimum atomic E-state index is -0.463. The molecular formula is C22H30N2O4. The topological polar surface area (TPSA) is 68.8 Å². The lowest BCUT2D eigenvalue weighted by Gasteiger charge is -2.38. The number of ether oxygens (including phenoxy) is 3. The molecule has 28 heavy (non-hydrogen) atoms. The Bertz CT molecular complexity index is 725. The van der Waals surface area contributed by atoms with Gasteiger partial charge in [-0.2, -0.15) is 0 Å². The largest absolute Gasteiger partial charge is 0.448 e. The second-order valence-electron chi connectivity index (χ2n) is 8.62. The van der Waals surface area contributed by atoms with Crippen molar-refractivity contribution in [2.24, 2.45) is 5.92 Å². The predicted octanol–water partition coefficient (Wildman–Crippen LogP) is 2.85. The number of nitrogens with one attached hydrogen (secondary N) is 2. The quantitative estimate of drug-likeness (QED) is 0.779. The van der Waals surface area contributed by atoms with E-state index in [1.807, 2.05) is 6.07 Å². The molecule has 2 fully saturated rings. The van der Waals surface area contributed by atoms with Crippen LogP contribution in [0.1, 0.15) is 62.2 Å². The van der Waals surface area contributed by atoms with Crippen LogP contribution < -0.4 is 20.1 Å². The number of hydrogen-bond donors (Lipinski definition) is 2. The molecule has 2 N–H and O–H groups in total. The average molecular weight is 386 g/mol. The first-order chi connectivity index (χ1) is 13.8. The van der Waals surface area contributed by atoms with E-state index < -0.39 is 5.79 Å². The molecular weight excluding hydrogens is 356 g/mol. The van der Waals surface area contributed by atoms with Gasteiger partial charge in [0.2, 0.25) is 6.41 Å². The van der Waals surface area contributed by atoms with E-state index in [0.29, 0.717) is 12.5 Å². The van der Waals surface area contributed by atoms with Gasteiger partial charge in [0.05, 0.1) is 6.10 Å². The Labute approximate surface area is 166 Å². The summed E-state index contributed by atoms with van der Waals surface area (Å²) < 4.78 is 19.4. The van der Waals surface area contributed by atoms with Gasteiger partial charge in [0.25, 0.3) is 5.79 Å². The number of rotatable bonds is 4. The summed E-state index contributed by atoms with van der Waals surface area (Å²) in [6.45, 7) is 2.58. The predicted molar refractivity (Wildman–Crippen MR) is 104 cm³/mol. The number of fused-ring (bicyclic) bond motifs is 3. The van der Waals surface area contributed by atoms with E-state index in [2.05, 4.69) is 16.7 Å². The Morgan fingerprint density at radius 3 is 2.75 bits per heavy atom. The summed E-state index contributed by atoms with van der Waals surface area (Å²) in [5, 5.41) is 6.26. The first-order valence-corrected chi connectivity index (χ1v) is 10.8. The summed E-state index contributed by atoms with van der Waals surface area (Å²) in [5.74, 6) is 1.89. The highest BCUT2D eigenvalue weighted by Gasteiger charge is 2.45. The van der Waals surface area contributed by atoms with Crippen LogP contribution in [0, 0.1) is 5.92 Å². The Hall–Kier alpha value is -1.79. The molecule has 4 aliphatic rings. The molecule has 1 saturated heterocycles. The van der Waals surface area contributed by atoms with E-state index in [1.165, 1.54) is 12.0 Å². The Morgan fingerprint density at radius 1 is 1.14 bits per heavy atom. The van der Waals surface area contributed by atoms with Crippen LogP contribution in [0.3, 0.4) is 0 Å². The van der Waals surface area contributed by atoms with Crippen molar-refractivity contribution in [3.63, 3.8) is 0 Å². The van der Waals surface area contributed by atoms with Gasteiger partial charge in [0.15, 0.2) is 11.5 Å². The second kappa shape index (κ2) is 7.56. The summed E-state index contributed by atoms with van der Waals surface area (Å²) in [6, 6.07) is 4.13. The van der Waals surface area contributed by atoms with Gasteiger partial charge in [-0.25, -0.2) is 0 Å². The van der Waals surface area contributed by atoms with Crippen molar-refractivity contribution < 1.29 is 19.0 Å². The molecule has 3 heterocycles. The standard InChI is InChI=1S/C22H30N2O4/c25-14-24-13-20-16-4-5-18-21(28-22(27-18)8-2-1-3-9-22)17(16)12-19(26-20)15-6-10-23-11-7-15/h4-5,14-15,19-20,23H,1-3,6-13H2,(H,24,25)/t19-,20-/m1/s1. The van der Waals surface area contributed by atoms with Gasteiger partial charge >= 0.3 is 0 Å². The van der Waals surface area contributed by atoms with Crippen molar-refractivity contribution >= 4 is 6.41 Å². The Balaban J connectivity index is 1.46. The van der Waals surface area contributed by atoms with E-state index in [-0.39, 0.29) is 12.2 Å². The minimum Gasteiger partial charge on any atom is -0.448 e. The van der Waals surface area contributed by atoms with E-state index in [9.17, 15) is 4.79 Å². The van der Waals surface area contributed by atoms with Gasteiger partial charge in [0, 0.05) is 31.4 Å². The molecule has 0 unspecified atom stereocenters. The number of carbonyl (C=O) groups is 1. The molecule has 1 amide bonds. The van der Waals surface area contributed by atoms with Gasteiger partial charge in [0.1, 0.15) is 6.10 Å². The molecule has 0 radical (unpaired) electrons. The number of amides is 1. The molecule has 2 atom stereocenters. The van der Waals surface area contributed by atoms with Crippen LogP contribution in [-0.2, 0) is 16.0 Å². The third-order valence-corrected chi connectivity index (χ3v) is 6.85. The van der Waals surface area contributed by atoms with Crippen molar-refractivity contribution in [1.29, 1.82) is 0 Å². The highest BCUT2D eigenvalue weighted by molar-refractivity contribution is 5.55. The van der Waals surface area contributed by atoms with Gasteiger partial charge < -0.3 is 24.8 Å². The molecule has 1 aromatic carbocycles. The molecule has 1 saturated carbocycles. The van der Waals surface area contributed by atoms with E-state index in [0.717, 1.165) is 81.5 Å². The number of piperidine rings is 1. The fourth-order valence-corrected chi connectivity index (χ4v) is 5.37. The number of benzene rings is 1. The van der Waals surface area contributed by atoms with Crippen LogP contribution in [-0.4, -0.2) is 37.9 Å². The van der Waals surface area contributed by atoms with Crippen molar-refractivity contribution in [3.05, 3.63) is 23.3 Å². The summed E-state index contributed by atoms with van der Waals surface area (Å²) in [5.41, 5.74) is 2.36. The smallest absolute Gasteiger partial charge is 0.251 e. The molecule has 0 aromatic heterocycles. The maximum atomic E-state index is 10.9. The van der Waals surface area contributed by atoms with Crippen molar-refractivity contribution in [2.45, 2.75) is 69.4 Å². The summed E-state index contributed by atoms with van der Waals surface area (Å²) in [7, 11) is 0. The molecule has 1 aromatic rings. The maximum Gasteiger partial charge on any atom is 0.251 e. The monoisotopic (exact) mass is 386 g/mol. The van der Waals surface area contributed by atoms with Gasteiger partial charge in [-0.3, -0.25) is 4.79 Å². The van der Waals surface area contributed by atoms with Crippen molar-refractivity contribution in [2.75, 3.05) is 19.6 Å². The van der Waals surface area contributed by atoms with E-state index in [1.54, 1.807) is 0 Å². The fourth-order valence-electron chi connectivity index (χ4n) is 5.37. The molecule has 1 spiro atoms. The summed E-state index contributed by atoms with van der Waals surface area (Å²) >= 11 is 0. The second-order valence-corrected chi connectivity index (χ2v) is 8.62. The van der Waals surface area contributed by atoms with Crippen LogP contribution >= 0.6 is 0 Å². The van der Waals surface area contributed by atoms with Gasteiger partial charge in [-0.15, -0.1) is 0 Å². The minimum absolute atomic E-state index is 0.134. The number of carbonyl (C=O) groups excluding carboxylic acids is 1. The zero-order chi connectivity index (χ0) is 19.0. The van der Waals surface area contributed by atoms with Gasteiger partial charge in [-0.05, 0) is 56.3 Å². The highest BCUT2D eigenvalue weighted by Crippen LogP contribution is 2.51. The summed E-state index contributed by atoms with van der Waals surface area (Å²) in [4.78, 5) is 10.9. The third-order valence-electron chi connectivity index (χ3n) is 6.85. The zero-order valence-electron chi connectivity index (χ0n) is 16.4. The van der Waals surface area contributed by atoms with Gasteiger partial charge in [-0.1, -0.05) is 12.5 Å². The molecule has 6 nitrogen and oxygen atoms in total. The summed E-state index contributed by atoms with van der Waals surface area (Å²) in [6.07, 6.45) is 9.38. The molecule has 1 aliphatic carbocycles. The highest BCUT2D eigenvalue weighted by atomic mass is 16.7. The van der Waals surface area contributed by atoms with Crippen LogP contribution in [0.2, 0.25) is 0 Å². The lowest BCUT2D eigenvalue weighted by atomic mass is 9.84. The first-order valence-electron chi connectivity index (χ1n) is 10.8. The Morgan fingerprint density at radius 2 is 1.96 bits per heavy atom. The fraction of sp³-hybridized carbons (Fsp3) is 0.682. The molecule has 6 heteroatoms. The number of hydrogen-bond acceptors (Lipinski definition) is 5. The molecule has 3 aliphatic heterocycles. The maximum absolute atomic E-state index is 10.9. The lowest BCUT2D eigenvalue weighted by molar-refractivity contribution is -0.111. The zero-order valence-corrected chi connectivity index (χ0v) is 16.4. The van der Waals surface area contributed by atoms with E-state index in [4.69, 9.17) is 14.2 Å². The van der Waals surface area contributed by atoms with Crippen molar-refractivity contribution in [3.8, 4) is 11.5 Å². The molecule has 5 rings (SSSR count). The normalized spacial score (nSPS) is 28.7. The van der Waals surface area contributed by atoms with Crippen LogP contribution in [0.5, 0.6) is 11.5 Å². The Kier molecular flexibility index (Phi) is 4.93. The molecule has 0 bridgehead atoms. The van der Waals surface area contributed by atoms with Crippen molar-refractivity contribution in [1.82, 2.24) is 10.6 Å². The van der Waals surface area contributed by atoms with Crippen LogP contribution in [0.15, 0.2) is 12.1 Å². The van der Waals surface area contributed by atoms with E-state index >= 15 is 0 Å². The third kappa shape index (κ3) is 3.26. The molecule has 152 valence electrons. The van der Waals surface area contributed by atoms with Crippen LogP contribution in [0.25, 0.3) is 0 Å². The van der Waals surface area contributed by atoms with Crippen LogP contribution in [0.4, 0.5) is 0 Å². The lowest BCUT2D eigenvalue weighted by Crippen LogP contribution is -2.41. The first kappa shape index (κ1) is 18.3.